The maximum atomic E-state index is 12.8. The highest BCUT2D eigenvalue weighted by atomic mass is 19.3. The molecule has 2 aromatic carbocycles. The normalized spacial score (nSPS) is 12.9. The Morgan fingerprint density at radius 2 is 1.96 bits per heavy atom. The minimum absolute atomic E-state index is 0.0109. The molecule has 0 bridgehead atoms. The third-order valence-corrected chi connectivity index (χ3v) is 4.74. The zero-order valence-corrected chi connectivity index (χ0v) is 15.3. The van der Waals surface area contributed by atoms with Gasteiger partial charge in [0.25, 0.3) is 5.91 Å². The molecule has 1 amide bonds. The van der Waals surface area contributed by atoms with Gasteiger partial charge in [0.15, 0.2) is 5.69 Å². The lowest BCUT2D eigenvalue weighted by atomic mass is 10.2. The van der Waals surface area contributed by atoms with Crippen molar-refractivity contribution in [3.63, 3.8) is 0 Å². The zero-order valence-electron chi connectivity index (χ0n) is 15.3. The number of carbonyl (C=O) groups excluding carboxylic acids is 1. The maximum Gasteiger partial charge on any atom is 0.387 e. The van der Waals surface area contributed by atoms with E-state index >= 15 is 0 Å². The van der Waals surface area contributed by atoms with Crippen molar-refractivity contribution < 1.29 is 18.3 Å². The zero-order chi connectivity index (χ0) is 19.7. The minimum atomic E-state index is -2.92. The van der Waals surface area contributed by atoms with Gasteiger partial charge in [0.1, 0.15) is 5.75 Å². The molecular formula is C21H19F2N3O2. The number of alkyl halides is 2. The number of amides is 1. The van der Waals surface area contributed by atoms with Crippen LogP contribution in [0.1, 0.15) is 33.7 Å². The van der Waals surface area contributed by atoms with Crippen molar-refractivity contribution in [1.82, 2.24) is 9.78 Å². The Bertz CT molecular complexity index is 1010. The first-order valence-electron chi connectivity index (χ1n) is 9.05. The van der Waals surface area contributed by atoms with Crippen LogP contribution in [0.2, 0.25) is 0 Å². The number of ether oxygens (including phenoxy) is 1. The number of carbonyl (C=O) groups is 1. The first-order valence-corrected chi connectivity index (χ1v) is 9.05. The molecule has 0 saturated heterocycles. The second-order valence-electron chi connectivity index (χ2n) is 6.74. The smallest absolute Gasteiger partial charge is 0.387 e. The molecule has 1 heterocycles. The summed E-state index contributed by atoms with van der Waals surface area (Å²) < 4.78 is 31.0. The van der Waals surface area contributed by atoms with Crippen LogP contribution in [0, 0.1) is 6.92 Å². The molecule has 4 rings (SSSR count). The van der Waals surface area contributed by atoms with E-state index in [4.69, 9.17) is 0 Å². The molecule has 7 heteroatoms. The van der Waals surface area contributed by atoms with Crippen LogP contribution in [0.25, 0.3) is 5.69 Å². The summed E-state index contributed by atoms with van der Waals surface area (Å²) in [6.07, 6.45) is 2.62. The summed E-state index contributed by atoms with van der Waals surface area (Å²) in [5.74, 6) is -0.374. The van der Waals surface area contributed by atoms with Gasteiger partial charge in [-0.3, -0.25) is 4.79 Å². The predicted octanol–water partition coefficient (Wildman–Crippen LogP) is 4.52. The van der Waals surface area contributed by atoms with E-state index in [1.54, 1.807) is 12.1 Å². The van der Waals surface area contributed by atoms with Gasteiger partial charge in [-0.15, -0.1) is 0 Å². The largest absolute Gasteiger partial charge is 0.435 e. The molecule has 0 unspecified atom stereocenters. The van der Waals surface area contributed by atoms with Crippen molar-refractivity contribution in [1.29, 1.82) is 0 Å². The van der Waals surface area contributed by atoms with Gasteiger partial charge in [0.05, 0.1) is 5.69 Å². The molecule has 1 aliphatic carbocycles. The molecule has 1 aromatic heterocycles. The van der Waals surface area contributed by atoms with Crippen LogP contribution < -0.4 is 10.1 Å². The van der Waals surface area contributed by atoms with Crippen molar-refractivity contribution in [3.8, 4) is 11.4 Å². The molecular weight excluding hydrogens is 364 g/mol. The number of fused-ring (bicyclic) bond motifs is 1. The van der Waals surface area contributed by atoms with Gasteiger partial charge in [-0.2, -0.15) is 13.9 Å². The maximum absolute atomic E-state index is 12.8. The van der Waals surface area contributed by atoms with Gasteiger partial charge in [0, 0.05) is 23.0 Å². The van der Waals surface area contributed by atoms with Crippen LogP contribution in [0.4, 0.5) is 14.5 Å². The monoisotopic (exact) mass is 383 g/mol. The molecule has 144 valence electrons. The summed E-state index contributed by atoms with van der Waals surface area (Å²) in [7, 11) is 0. The lowest BCUT2D eigenvalue weighted by Gasteiger charge is -2.08. The molecule has 0 aliphatic heterocycles. The SMILES string of the molecule is Cc1ccc(-n2nc(C(=O)Nc3cccc(OC(F)F)c3)c3c2CCC3)cc1. The lowest BCUT2D eigenvalue weighted by Crippen LogP contribution is -2.15. The number of hydrogen-bond acceptors (Lipinski definition) is 3. The number of aryl methyl sites for hydroxylation is 1. The molecule has 5 nitrogen and oxygen atoms in total. The van der Waals surface area contributed by atoms with Crippen LogP contribution in [0.3, 0.4) is 0 Å². The second kappa shape index (κ2) is 7.42. The fourth-order valence-corrected chi connectivity index (χ4v) is 3.46. The Hall–Kier alpha value is -3.22. The summed E-state index contributed by atoms with van der Waals surface area (Å²) >= 11 is 0. The fraction of sp³-hybridized carbons (Fsp3) is 0.238. The lowest BCUT2D eigenvalue weighted by molar-refractivity contribution is -0.0497. The van der Waals surface area contributed by atoms with Crippen molar-refractivity contribution >= 4 is 11.6 Å². The summed E-state index contributed by atoms with van der Waals surface area (Å²) in [4.78, 5) is 12.8. The molecule has 1 N–H and O–H groups in total. The van der Waals surface area contributed by atoms with Crippen LogP contribution in [-0.2, 0) is 12.8 Å². The number of hydrogen-bond donors (Lipinski definition) is 1. The van der Waals surface area contributed by atoms with Gasteiger partial charge in [0.2, 0.25) is 0 Å². The molecule has 0 radical (unpaired) electrons. The van der Waals surface area contributed by atoms with E-state index < -0.39 is 6.61 Å². The minimum Gasteiger partial charge on any atom is -0.435 e. The Morgan fingerprint density at radius 3 is 2.71 bits per heavy atom. The van der Waals surface area contributed by atoms with Gasteiger partial charge in [-0.1, -0.05) is 23.8 Å². The van der Waals surface area contributed by atoms with Crippen molar-refractivity contribution in [2.75, 3.05) is 5.32 Å². The predicted molar refractivity (Wildman–Crippen MR) is 101 cm³/mol. The van der Waals surface area contributed by atoms with Crippen molar-refractivity contribution in [3.05, 3.63) is 71.0 Å². The molecule has 1 aliphatic rings. The molecule has 0 atom stereocenters. The van der Waals surface area contributed by atoms with Crippen LogP contribution in [0.5, 0.6) is 5.75 Å². The van der Waals surface area contributed by atoms with Gasteiger partial charge in [-0.25, -0.2) is 4.68 Å². The molecule has 0 saturated carbocycles. The first kappa shape index (κ1) is 18.2. The third-order valence-electron chi connectivity index (χ3n) is 4.74. The second-order valence-corrected chi connectivity index (χ2v) is 6.74. The summed E-state index contributed by atoms with van der Waals surface area (Å²) in [5.41, 5.74) is 4.79. The van der Waals surface area contributed by atoms with E-state index in [0.29, 0.717) is 11.4 Å². The number of nitrogens with one attached hydrogen (secondary N) is 1. The third kappa shape index (κ3) is 3.60. The van der Waals surface area contributed by atoms with Gasteiger partial charge < -0.3 is 10.1 Å². The van der Waals surface area contributed by atoms with Crippen LogP contribution in [0.15, 0.2) is 48.5 Å². The van der Waals surface area contributed by atoms with Gasteiger partial charge in [-0.05, 0) is 50.5 Å². The number of anilines is 1. The van der Waals surface area contributed by atoms with E-state index in [2.05, 4.69) is 15.2 Å². The standard InChI is InChI=1S/C21H19F2N3O2/c1-13-8-10-15(11-9-13)26-18-7-3-6-17(18)19(25-26)20(27)24-14-4-2-5-16(12-14)28-21(22)23/h2,4-5,8-12,21H,3,6-7H2,1H3,(H,24,27). The van der Waals surface area contributed by atoms with Gasteiger partial charge >= 0.3 is 6.61 Å². The topological polar surface area (TPSA) is 56.2 Å². The van der Waals surface area contributed by atoms with Crippen molar-refractivity contribution in [2.24, 2.45) is 0 Å². The van der Waals surface area contributed by atoms with E-state index in [-0.39, 0.29) is 11.7 Å². The summed E-state index contributed by atoms with van der Waals surface area (Å²) in [6, 6.07) is 13.9. The number of aromatic nitrogens is 2. The Kier molecular flexibility index (Phi) is 4.81. The van der Waals surface area contributed by atoms with E-state index in [1.807, 2.05) is 35.9 Å². The highest BCUT2D eigenvalue weighted by Crippen LogP contribution is 2.29. The van der Waals surface area contributed by atoms with E-state index in [0.717, 1.165) is 41.8 Å². The van der Waals surface area contributed by atoms with Crippen LogP contribution >= 0.6 is 0 Å². The highest BCUT2D eigenvalue weighted by molar-refractivity contribution is 6.04. The fourth-order valence-electron chi connectivity index (χ4n) is 3.46. The first-order chi connectivity index (χ1) is 13.5. The number of halogens is 2. The molecule has 28 heavy (non-hydrogen) atoms. The van der Waals surface area contributed by atoms with E-state index in [1.165, 1.54) is 12.1 Å². The Labute approximate surface area is 160 Å². The van der Waals surface area contributed by atoms with Crippen molar-refractivity contribution in [2.45, 2.75) is 32.8 Å². The molecule has 0 spiro atoms. The Morgan fingerprint density at radius 1 is 1.18 bits per heavy atom. The summed E-state index contributed by atoms with van der Waals surface area (Å²) in [6.45, 7) is -0.901. The highest BCUT2D eigenvalue weighted by Gasteiger charge is 2.27. The average Bonchev–Trinajstić information content (AvgIpc) is 3.25. The average molecular weight is 383 g/mol. The number of nitrogens with zero attached hydrogens (tertiary/aromatic N) is 2. The van der Waals surface area contributed by atoms with E-state index in [9.17, 15) is 13.6 Å². The molecule has 0 fully saturated rings. The van der Waals surface area contributed by atoms with Crippen LogP contribution in [-0.4, -0.2) is 22.3 Å². The summed E-state index contributed by atoms with van der Waals surface area (Å²) in [5, 5.41) is 7.29. The molecule has 3 aromatic rings. The quantitative estimate of drug-likeness (QED) is 0.705. The number of benzene rings is 2. The number of rotatable bonds is 5. The Balaban J connectivity index is 1.62.